The Labute approximate surface area is 118 Å². The molecule has 1 aromatic heterocycles. The molecule has 19 heavy (non-hydrogen) atoms. The maximum Gasteiger partial charge on any atom is 0.315 e. The molecule has 5 nitrogen and oxygen atoms in total. The molecule has 0 radical (unpaired) electrons. The topological polar surface area (TPSA) is 57.3 Å². The van der Waals surface area contributed by atoms with Crippen molar-refractivity contribution in [3.63, 3.8) is 0 Å². The maximum absolute atomic E-state index is 11.7. The van der Waals surface area contributed by atoms with Gasteiger partial charge in [-0.3, -0.25) is 4.90 Å². The Kier molecular flexibility index (Phi) is 4.76. The molecule has 0 aromatic carbocycles. The number of nitrogens with zero attached hydrogens (tertiary/aromatic N) is 2. The molecule has 1 unspecified atom stereocenters. The van der Waals surface area contributed by atoms with E-state index in [1.54, 1.807) is 11.3 Å². The Bertz CT molecular complexity index is 430. The van der Waals surface area contributed by atoms with Gasteiger partial charge in [-0.2, -0.15) is 0 Å². The molecule has 6 heteroatoms. The molecule has 106 valence electrons. The molecule has 2 amide bonds. The molecule has 2 rings (SSSR count). The Morgan fingerprint density at radius 1 is 1.58 bits per heavy atom. The van der Waals surface area contributed by atoms with E-state index in [2.05, 4.69) is 34.5 Å². The second kappa shape index (κ2) is 6.34. The van der Waals surface area contributed by atoms with Gasteiger partial charge in [-0.1, -0.05) is 0 Å². The molecule has 1 saturated carbocycles. The highest BCUT2D eigenvalue weighted by Gasteiger charge is 2.29. The van der Waals surface area contributed by atoms with Crippen LogP contribution >= 0.6 is 11.3 Å². The van der Waals surface area contributed by atoms with E-state index in [0.717, 1.165) is 15.9 Å². The number of hydrogen-bond acceptors (Lipinski definition) is 4. The van der Waals surface area contributed by atoms with Crippen LogP contribution in [0.25, 0.3) is 0 Å². The van der Waals surface area contributed by atoms with E-state index >= 15 is 0 Å². The summed E-state index contributed by atoms with van der Waals surface area (Å²) in [6.45, 7) is 5.33. The lowest BCUT2D eigenvalue weighted by Gasteiger charge is -2.24. The van der Waals surface area contributed by atoms with Crippen molar-refractivity contribution in [2.24, 2.45) is 0 Å². The lowest BCUT2D eigenvalue weighted by Crippen LogP contribution is -2.44. The quantitative estimate of drug-likeness (QED) is 0.835. The predicted octanol–water partition coefficient (Wildman–Crippen LogP) is 1.73. The van der Waals surface area contributed by atoms with E-state index in [0.29, 0.717) is 19.1 Å². The minimum Gasteiger partial charge on any atom is -0.337 e. The van der Waals surface area contributed by atoms with Crippen LogP contribution in [0, 0.1) is 6.92 Å². The Balaban J connectivity index is 1.63. The summed E-state index contributed by atoms with van der Waals surface area (Å²) < 4.78 is 0. The van der Waals surface area contributed by atoms with Gasteiger partial charge in [0.15, 0.2) is 0 Å². The standard InChI is InChI=1S/C13H22N4OS/c1-9(17(3)11-4-5-11)6-15-13(18)16-8-12-14-7-10(2)19-12/h7,9,11H,4-6,8H2,1-3H3,(H2,15,16,18). The molecule has 0 saturated heterocycles. The van der Waals surface area contributed by atoms with Crippen LogP contribution in [0.1, 0.15) is 29.7 Å². The normalized spacial score (nSPS) is 16.4. The van der Waals surface area contributed by atoms with E-state index in [-0.39, 0.29) is 6.03 Å². The minimum atomic E-state index is -0.121. The molecule has 1 fully saturated rings. The van der Waals surface area contributed by atoms with Gasteiger partial charge in [0.1, 0.15) is 5.01 Å². The number of likely N-dealkylation sites (N-methyl/N-ethyl adjacent to an activating group) is 1. The van der Waals surface area contributed by atoms with Crippen molar-refractivity contribution in [1.82, 2.24) is 20.5 Å². The SMILES string of the molecule is Cc1cnc(CNC(=O)NCC(C)N(C)C2CC2)s1. The van der Waals surface area contributed by atoms with Crippen LogP contribution in [-0.4, -0.2) is 41.6 Å². The van der Waals surface area contributed by atoms with E-state index in [1.807, 2.05) is 13.1 Å². The predicted molar refractivity (Wildman–Crippen MR) is 77.3 cm³/mol. The van der Waals surface area contributed by atoms with Crippen LogP contribution in [0.5, 0.6) is 0 Å². The van der Waals surface area contributed by atoms with Crippen molar-refractivity contribution in [3.8, 4) is 0 Å². The maximum atomic E-state index is 11.7. The van der Waals surface area contributed by atoms with Gasteiger partial charge in [0.05, 0.1) is 6.54 Å². The summed E-state index contributed by atoms with van der Waals surface area (Å²) in [5.41, 5.74) is 0. The average molecular weight is 282 g/mol. The van der Waals surface area contributed by atoms with Gasteiger partial charge in [-0.05, 0) is 33.7 Å². The van der Waals surface area contributed by atoms with Crippen molar-refractivity contribution in [2.45, 2.75) is 45.3 Å². The molecule has 1 aliphatic carbocycles. The van der Waals surface area contributed by atoms with Crippen LogP contribution in [0.4, 0.5) is 4.79 Å². The van der Waals surface area contributed by atoms with Crippen molar-refractivity contribution >= 4 is 17.4 Å². The summed E-state index contributed by atoms with van der Waals surface area (Å²) in [4.78, 5) is 19.4. The minimum absolute atomic E-state index is 0.121. The third kappa shape index (κ3) is 4.47. The number of urea groups is 1. The van der Waals surface area contributed by atoms with Gasteiger partial charge in [-0.15, -0.1) is 11.3 Å². The zero-order valence-electron chi connectivity index (χ0n) is 11.8. The van der Waals surface area contributed by atoms with E-state index in [9.17, 15) is 4.79 Å². The summed E-state index contributed by atoms with van der Waals surface area (Å²) >= 11 is 1.61. The van der Waals surface area contributed by atoms with Gasteiger partial charge in [0, 0.05) is 29.7 Å². The van der Waals surface area contributed by atoms with Gasteiger partial charge in [0.25, 0.3) is 0 Å². The van der Waals surface area contributed by atoms with Crippen LogP contribution < -0.4 is 10.6 Å². The van der Waals surface area contributed by atoms with Gasteiger partial charge in [0.2, 0.25) is 0 Å². The van der Waals surface area contributed by atoms with Crippen molar-refractivity contribution < 1.29 is 4.79 Å². The van der Waals surface area contributed by atoms with E-state index in [1.165, 1.54) is 12.8 Å². The van der Waals surface area contributed by atoms with Gasteiger partial charge >= 0.3 is 6.03 Å². The molecular formula is C13H22N4OS. The van der Waals surface area contributed by atoms with E-state index in [4.69, 9.17) is 0 Å². The molecule has 1 aromatic rings. The number of nitrogens with one attached hydrogen (secondary N) is 2. The molecule has 2 N–H and O–H groups in total. The average Bonchev–Trinajstić information content (AvgIpc) is 3.16. The second-order valence-electron chi connectivity index (χ2n) is 5.17. The van der Waals surface area contributed by atoms with Crippen LogP contribution in [0.2, 0.25) is 0 Å². The fraction of sp³-hybridized carbons (Fsp3) is 0.692. The highest BCUT2D eigenvalue weighted by atomic mass is 32.1. The lowest BCUT2D eigenvalue weighted by atomic mass is 10.3. The summed E-state index contributed by atoms with van der Waals surface area (Å²) in [7, 11) is 2.13. The summed E-state index contributed by atoms with van der Waals surface area (Å²) in [6, 6.07) is 0.974. The number of thiazole rings is 1. The smallest absolute Gasteiger partial charge is 0.315 e. The first-order valence-corrected chi connectivity index (χ1v) is 7.53. The van der Waals surface area contributed by atoms with Crippen molar-refractivity contribution in [1.29, 1.82) is 0 Å². The number of aryl methyl sites for hydroxylation is 1. The molecule has 0 spiro atoms. The first-order chi connectivity index (χ1) is 9.06. The summed E-state index contributed by atoms with van der Waals surface area (Å²) in [6.07, 6.45) is 4.40. The summed E-state index contributed by atoms with van der Waals surface area (Å²) in [5.74, 6) is 0. The molecule has 1 heterocycles. The number of carbonyl (C=O) groups excluding carboxylic acids is 1. The number of aromatic nitrogens is 1. The number of rotatable bonds is 6. The first kappa shape index (κ1) is 14.3. The number of carbonyl (C=O) groups is 1. The largest absolute Gasteiger partial charge is 0.337 e. The van der Waals surface area contributed by atoms with Crippen LogP contribution in [-0.2, 0) is 6.54 Å². The number of hydrogen-bond donors (Lipinski definition) is 2. The Morgan fingerprint density at radius 2 is 2.32 bits per heavy atom. The fourth-order valence-electron chi connectivity index (χ4n) is 1.93. The zero-order valence-corrected chi connectivity index (χ0v) is 12.6. The fourth-order valence-corrected chi connectivity index (χ4v) is 2.65. The Hall–Kier alpha value is -1.14. The van der Waals surface area contributed by atoms with Crippen molar-refractivity contribution in [2.75, 3.05) is 13.6 Å². The monoisotopic (exact) mass is 282 g/mol. The molecule has 0 aliphatic heterocycles. The van der Waals surface area contributed by atoms with Gasteiger partial charge in [-0.25, -0.2) is 9.78 Å². The Morgan fingerprint density at radius 3 is 2.89 bits per heavy atom. The number of amides is 2. The first-order valence-electron chi connectivity index (χ1n) is 6.71. The lowest BCUT2D eigenvalue weighted by molar-refractivity contribution is 0.222. The van der Waals surface area contributed by atoms with Gasteiger partial charge < -0.3 is 10.6 Å². The molecular weight excluding hydrogens is 260 g/mol. The van der Waals surface area contributed by atoms with Crippen LogP contribution in [0.3, 0.4) is 0 Å². The third-order valence-corrected chi connectivity index (χ3v) is 4.36. The highest BCUT2D eigenvalue weighted by molar-refractivity contribution is 7.11. The molecule has 0 bridgehead atoms. The van der Waals surface area contributed by atoms with Crippen LogP contribution in [0.15, 0.2) is 6.20 Å². The highest BCUT2D eigenvalue weighted by Crippen LogP contribution is 2.26. The molecule has 1 aliphatic rings. The van der Waals surface area contributed by atoms with Crippen molar-refractivity contribution in [3.05, 3.63) is 16.1 Å². The third-order valence-electron chi connectivity index (χ3n) is 3.45. The zero-order chi connectivity index (χ0) is 13.8. The summed E-state index contributed by atoms with van der Waals surface area (Å²) in [5, 5.41) is 6.68. The molecule has 1 atom stereocenters. The second-order valence-corrected chi connectivity index (χ2v) is 6.49. The van der Waals surface area contributed by atoms with E-state index < -0.39 is 0 Å².